The molecule has 60 heavy (non-hydrogen) atoms. The second-order valence-electron chi connectivity index (χ2n) is 16.7. The lowest BCUT2D eigenvalue weighted by atomic mass is 10.1. The zero-order valence-electron chi connectivity index (χ0n) is 39.5. The highest BCUT2D eigenvalue weighted by molar-refractivity contribution is 5.71. The molecule has 0 aliphatic carbocycles. The van der Waals surface area contributed by atoms with Crippen molar-refractivity contribution < 1.29 is 28.6 Å². The Kier molecular flexibility index (Phi) is 46.4. The van der Waals surface area contributed by atoms with Crippen LogP contribution in [0.3, 0.4) is 0 Å². The quantitative estimate of drug-likeness (QED) is 0.0263. The van der Waals surface area contributed by atoms with Gasteiger partial charge in [0.2, 0.25) is 0 Å². The van der Waals surface area contributed by atoms with Crippen LogP contribution in [0.25, 0.3) is 0 Å². The average molecular weight is 839 g/mol. The van der Waals surface area contributed by atoms with Crippen LogP contribution >= 0.6 is 0 Å². The minimum atomic E-state index is -0.783. The minimum absolute atomic E-state index is 0.0833. The Morgan fingerprint density at radius 2 is 0.617 bits per heavy atom. The Bertz CT molecular complexity index is 1100. The Hall–Kier alpha value is -2.89. The molecule has 346 valence electrons. The SMILES string of the molecule is CCCC/C=C\C/C=C\CCCCCCCC(=O)OC(COC(=O)CCCCCCCC/C=C\C/C=C\C/C=C\CCCCC)COC(=O)CCCCCCCCCCC. The van der Waals surface area contributed by atoms with Crippen LogP contribution in [0.5, 0.6) is 0 Å². The molecule has 1 unspecified atom stereocenters. The van der Waals surface area contributed by atoms with Crippen molar-refractivity contribution in [3.63, 3.8) is 0 Å². The predicted octanol–water partition coefficient (Wildman–Crippen LogP) is 16.5. The molecule has 0 aliphatic heterocycles. The van der Waals surface area contributed by atoms with E-state index in [1.54, 1.807) is 0 Å². The third-order valence-corrected chi connectivity index (χ3v) is 10.7. The van der Waals surface area contributed by atoms with Gasteiger partial charge in [-0.2, -0.15) is 0 Å². The van der Waals surface area contributed by atoms with Crippen LogP contribution < -0.4 is 0 Å². The second-order valence-corrected chi connectivity index (χ2v) is 16.7. The Labute approximate surface area is 370 Å². The van der Waals surface area contributed by atoms with Crippen molar-refractivity contribution in [2.24, 2.45) is 0 Å². The fraction of sp³-hybridized carbons (Fsp3) is 0.759. The van der Waals surface area contributed by atoms with E-state index in [1.807, 2.05) is 0 Å². The van der Waals surface area contributed by atoms with Crippen molar-refractivity contribution in [2.45, 2.75) is 252 Å². The van der Waals surface area contributed by atoms with E-state index in [-0.39, 0.29) is 31.1 Å². The maximum atomic E-state index is 12.8. The van der Waals surface area contributed by atoms with Crippen molar-refractivity contribution in [3.8, 4) is 0 Å². The lowest BCUT2D eigenvalue weighted by molar-refractivity contribution is -0.167. The van der Waals surface area contributed by atoms with E-state index in [9.17, 15) is 14.4 Å². The summed E-state index contributed by atoms with van der Waals surface area (Å²) in [5, 5.41) is 0. The summed E-state index contributed by atoms with van der Waals surface area (Å²) in [6.45, 7) is 6.53. The Balaban J connectivity index is 4.36. The van der Waals surface area contributed by atoms with Crippen LogP contribution in [0.2, 0.25) is 0 Å². The molecule has 0 saturated carbocycles. The molecule has 0 rings (SSSR count). The highest BCUT2D eigenvalue weighted by Gasteiger charge is 2.19. The summed E-state index contributed by atoms with van der Waals surface area (Å²) in [7, 11) is 0. The molecule has 0 aromatic heterocycles. The van der Waals surface area contributed by atoms with Crippen molar-refractivity contribution in [2.75, 3.05) is 13.2 Å². The smallest absolute Gasteiger partial charge is 0.306 e. The summed E-state index contributed by atoms with van der Waals surface area (Å²) in [5.41, 5.74) is 0. The largest absolute Gasteiger partial charge is 0.462 e. The lowest BCUT2D eigenvalue weighted by Crippen LogP contribution is -2.30. The van der Waals surface area contributed by atoms with E-state index >= 15 is 0 Å². The van der Waals surface area contributed by atoms with Gasteiger partial charge in [-0.15, -0.1) is 0 Å². The number of esters is 3. The summed E-state index contributed by atoms with van der Waals surface area (Å²) >= 11 is 0. The fourth-order valence-electron chi connectivity index (χ4n) is 6.88. The average Bonchev–Trinajstić information content (AvgIpc) is 3.24. The number of carbonyl (C=O) groups excluding carboxylic acids is 3. The van der Waals surface area contributed by atoms with E-state index in [0.717, 1.165) is 103 Å². The molecular weight excluding hydrogens is 745 g/mol. The zero-order valence-corrected chi connectivity index (χ0v) is 39.5. The molecule has 0 aromatic carbocycles. The third-order valence-electron chi connectivity index (χ3n) is 10.7. The van der Waals surface area contributed by atoms with Gasteiger partial charge >= 0.3 is 17.9 Å². The first-order valence-electron chi connectivity index (χ1n) is 25.3. The number of allylic oxidation sites excluding steroid dienone is 10. The van der Waals surface area contributed by atoms with Crippen molar-refractivity contribution in [1.29, 1.82) is 0 Å². The number of hydrogen-bond donors (Lipinski definition) is 0. The predicted molar refractivity (Wildman–Crippen MR) is 256 cm³/mol. The third kappa shape index (κ3) is 46.2. The number of hydrogen-bond acceptors (Lipinski definition) is 6. The van der Waals surface area contributed by atoms with Gasteiger partial charge in [0.15, 0.2) is 6.10 Å². The van der Waals surface area contributed by atoms with Gasteiger partial charge in [0.1, 0.15) is 13.2 Å². The van der Waals surface area contributed by atoms with Gasteiger partial charge in [-0.05, 0) is 83.5 Å². The van der Waals surface area contributed by atoms with Gasteiger partial charge in [-0.25, -0.2) is 0 Å². The molecule has 0 bridgehead atoms. The molecule has 6 nitrogen and oxygen atoms in total. The van der Waals surface area contributed by atoms with Gasteiger partial charge in [-0.1, -0.05) is 204 Å². The highest BCUT2D eigenvalue weighted by atomic mass is 16.6. The zero-order chi connectivity index (χ0) is 43.7. The topological polar surface area (TPSA) is 78.9 Å². The monoisotopic (exact) mass is 839 g/mol. The molecule has 0 radical (unpaired) electrons. The van der Waals surface area contributed by atoms with Crippen molar-refractivity contribution in [3.05, 3.63) is 60.8 Å². The van der Waals surface area contributed by atoms with E-state index in [1.165, 1.54) is 103 Å². The molecule has 0 N–H and O–H groups in total. The number of unbranched alkanes of at least 4 members (excludes halogenated alkanes) is 24. The van der Waals surface area contributed by atoms with Crippen molar-refractivity contribution >= 4 is 17.9 Å². The maximum Gasteiger partial charge on any atom is 0.306 e. The molecule has 0 saturated heterocycles. The van der Waals surface area contributed by atoms with E-state index in [2.05, 4.69) is 81.5 Å². The standard InChI is InChI=1S/C54H94O6/c1-4-7-10-13-16-19-21-23-25-26-27-28-29-31-32-35-38-41-44-47-53(56)59-50-51(49-58-52(55)46-43-40-37-34-18-15-12-9-6-3)60-54(57)48-45-42-39-36-33-30-24-22-20-17-14-11-8-5-2/h14,16-17,19,22-25,27-28,51H,4-13,15,18,20-21,26,29-50H2,1-3H3/b17-14-,19-16-,24-22-,25-23-,28-27-. The molecule has 0 heterocycles. The molecule has 6 heteroatoms. The van der Waals surface area contributed by atoms with Crippen molar-refractivity contribution in [1.82, 2.24) is 0 Å². The Morgan fingerprint density at radius 1 is 0.333 bits per heavy atom. The highest BCUT2D eigenvalue weighted by Crippen LogP contribution is 2.14. The summed E-state index contributed by atoms with van der Waals surface area (Å²) in [4.78, 5) is 37.8. The van der Waals surface area contributed by atoms with Crippen LogP contribution in [-0.2, 0) is 28.6 Å². The van der Waals surface area contributed by atoms with Crippen LogP contribution in [0.1, 0.15) is 245 Å². The van der Waals surface area contributed by atoms with Crippen LogP contribution in [-0.4, -0.2) is 37.2 Å². The lowest BCUT2D eigenvalue weighted by Gasteiger charge is -2.18. The summed E-state index contributed by atoms with van der Waals surface area (Å²) in [6.07, 6.45) is 59.1. The van der Waals surface area contributed by atoms with Crippen LogP contribution in [0, 0.1) is 0 Å². The first-order chi connectivity index (χ1) is 29.5. The van der Waals surface area contributed by atoms with Crippen LogP contribution in [0.15, 0.2) is 60.8 Å². The molecule has 0 spiro atoms. The van der Waals surface area contributed by atoms with E-state index in [4.69, 9.17) is 14.2 Å². The van der Waals surface area contributed by atoms with Gasteiger partial charge in [0, 0.05) is 19.3 Å². The van der Waals surface area contributed by atoms with E-state index < -0.39 is 6.10 Å². The van der Waals surface area contributed by atoms with Gasteiger partial charge in [-0.3, -0.25) is 14.4 Å². The Morgan fingerprint density at radius 3 is 1.02 bits per heavy atom. The van der Waals surface area contributed by atoms with E-state index in [0.29, 0.717) is 19.3 Å². The van der Waals surface area contributed by atoms with Crippen LogP contribution in [0.4, 0.5) is 0 Å². The normalized spacial score (nSPS) is 12.5. The molecule has 0 amide bonds. The number of rotatable bonds is 45. The number of carbonyl (C=O) groups is 3. The van der Waals surface area contributed by atoms with Gasteiger partial charge in [0.05, 0.1) is 0 Å². The molecule has 1 atom stereocenters. The molecule has 0 fully saturated rings. The molecule has 0 aromatic rings. The summed E-state index contributed by atoms with van der Waals surface area (Å²) < 4.78 is 16.7. The van der Waals surface area contributed by atoms with Gasteiger partial charge in [0.25, 0.3) is 0 Å². The minimum Gasteiger partial charge on any atom is -0.462 e. The second kappa shape index (κ2) is 48.8. The first-order valence-corrected chi connectivity index (χ1v) is 25.3. The summed E-state index contributed by atoms with van der Waals surface area (Å²) in [5.74, 6) is -0.911. The first kappa shape index (κ1) is 57.1. The molecular formula is C54H94O6. The van der Waals surface area contributed by atoms with Gasteiger partial charge < -0.3 is 14.2 Å². The molecule has 0 aliphatic rings. The fourth-order valence-corrected chi connectivity index (χ4v) is 6.88. The number of ether oxygens (including phenoxy) is 3. The summed E-state index contributed by atoms with van der Waals surface area (Å²) in [6, 6.07) is 0. The maximum absolute atomic E-state index is 12.8.